The summed E-state index contributed by atoms with van der Waals surface area (Å²) in [5, 5.41) is 2.66. The van der Waals surface area contributed by atoms with Crippen molar-refractivity contribution in [3.05, 3.63) is 65.1 Å². The summed E-state index contributed by atoms with van der Waals surface area (Å²) in [5.41, 5.74) is 8.30. The number of nitrogens with two attached hydrogens (primary N) is 1. The van der Waals surface area contributed by atoms with E-state index >= 15 is 0 Å². The number of thiazole rings is 1. The SMILES string of the molecule is COC(=O)c1cc(N2CCC(c3ccccc3)(c3csc(N)n3)CC2)ncn1. The van der Waals surface area contributed by atoms with Crippen molar-refractivity contribution in [1.82, 2.24) is 15.0 Å². The molecule has 0 saturated carbocycles. The second-order valence-corrected chi connectivity index (χ2v) is 7.65. The molecule has 0 unspecified atom stereocenters. The van der Waals surface area contributed by atoms with E-state index in [0.29, 0.717) is 5.13 Å². The van der Waals surface area contributed by atoms with Gasteiger partial charge in [0.2, 0.25) is 0 Å². The first kappa shape index (κ1) is 18.4. The van der Waals surface area contributed by atoms with Crippen molar-refractivity contribution in [3.63, 3.8) is 0 Å². The predicted octanol–water partition coefficient (Wildman–Crippen LogP) is 2.89. The average molecular weight is 395 g/mol. The monoisotopic (exact) mass is 395 g/mol. The standard InChI is InChI=1S/C20H21N5O2S/c1-27-18(26)15-11-17(23-13-22-15)25-9-7-20(8-10-25,14-5-3-2-4-6-14)16-12-28-19(21)24-16/h2-6,11-13H,7-10H2,1H3,(H2,21,24). The minimum absolute atomic E-state index is 0.176. The van der Waals surface area contributed by atoms with E-state index in [4.69, 9.17) is 10.5 Å². The number of aromatic nitrogens is 3. The van der Waals surface area contributed by atoms with Crippen molar-refractivity contribution in [2.45, 2.75) is 18.3 Å². The van der Waals surface area contributed by atoms with Gasteiger partial charge in [-0.25, -0.2) is 19.7 Å². The molecule has 3 heterocycles. The van der Waals surface area contributed by atoms with Crippen LogP contribution in [0.3, 0.4) is 0 Å². The van der Waals surface area contributed by atoms with Crippen LogP contribution in [0.2, 0.25) is 0 Å². The summed E-state index contributed by atoms with van der Waals surface area (Å²) in [5.74, 6) is 0.270. The number of rotatable bonds is 4. The first-order chi connectivity index (χ1) is 13.6. The number of hydrogen-bond acceptors (Lipinski definition) is 8. The Morgan fingerprint density at radius 2 is 1.96 bits per heavy atom. The van der Waals surface area contributed by atoms with E-state index in [1.807, 2.05) is 6.07 Å². The lowest BCUT2D eigenvalue weighted by atomic mass is 9.70. The number of methoxy groups -OCH3 is 1. The molecule has 28 heavy (non-hydrogen) atoms. The summed E-state index contributed by atoms with van der Waals surface area (Å²) in [7, 11) is 1.35. The molecule has 2 aromatic heterocycles. The van der Waals surface area contributed by atoms with Gasteiger partial charge in [0.25, 0.3) is 0 Å². The van der Waals surface area contributed by atoms with Crippen molar-refractivity contribution in [2.75, 3.05) is 30.8 Å². The van der Waals surface area contributed by atoms with Crippen LogP contribution >= 0.6 is 11.3 Å². The summed E-state index contributed by atoms with van der Waals surface area (Å²) in [4.78, 5) is 26.9. The number of nitrogen functional groups attached to an aromatic ring is 1. The van der Waals surface area contributed by atoms with Gasteiger partial charge in [-0.15, -0.1) is 11.3 Å². The van der Waals surface area contributed by atoms with E-state index in [1.54, 1.807) is 6.07 Å². The summed E-state index contributed by atoms with van der Waals surface area (Å²) < 4.78 is 4.76. The lowest BCUT2D eigenvalue weighted by Gasteiger charge is -2.41. The molecule has 4 rings (SSSR count). The van der Waals surface area contributed by atoms with Crippen LogP contribution in [0.5, 0.6) is 0 Å². The summed E-state index contributed by atoms with van der Waals surface area (Å²) in [6.45, 7) is 1.56. The Morgan fingerprint density at radius 3 is 2.61 bits per heavy atom. The molecule has 1 fully saturated rings. The number of carbonyl (C=O) groups excluding carboxylic acids is 1. The first-order valence-electron chi connectivity index (χ1n) is 9.05. The first-order valence-corrected chi connectivity index (χ1v) is 9.93. The zero-order chi connectivity index (χ0) is 19.6. The Balaban J connectivity index is 1.62. The van der Waals surface area contributed by atoms with E-state index in [-0.39, 0.29) is 11.1 Å². The zero-order valence-electron chi connectivity index (χ0n) is 15.5. The van der Waals surface area contributed by atoms with Crippen molar-refractivity contribution >= 4 is 28.3 Å². The maximum atomic E-state index is 11.8. The number of esters is 1. The van der Waals surface area contributed by atoms with Gasteiger partial charge in [-0.2, -0.15) is 0 Å². The van der Waals surface area contributed by atoms with Crippen LogP contribution in [-0.2, 0) is 10.2 Å². The number of ether oxygens (including phenoxy) is 1. The predicted molar refractivity (Wildman–Crippen MR) is 109 cm³/mol. The Bertz CT molecular complexity index is 967. The largest absolute Gasteiger partial charge is 0.464 e. The smallest absolute Gasteiger partial charge is 0.356 e. The molecule has 2 N–H and O–H groups in total. The van der Waals surface area contributed by atoms with Gasteiger partial charge in [0.15, 0.2) is 10.8 Å². The van der Waals surface area contributed by atoms with Crippen LogP contribution < -0.4 is 10.6 Å². The molecule has 0 radical (unpaired) electrons. The summed E-state index contributed by atoms with van der Waals surface area (Å²) in [6.07, 6.45) is 3.15. The lowest BCUT2D eigenvalue weighted by Crippen LogP contribution is -2.44. The normalized spacial score (nSPS) is 16.0. The number of benzene rings is 1. The van der Waals surface area contributed by atoms with E-state index < -0.39 is 5.97 Å². The zero-order valence-corrected chi connectivity index (χ0v) is 16.4. The fraction of sp³-hybridized carbons (Fsp3) is 0.300. The molecular weight excluding hydrogens is 374 g/mol. The maximum Gasteiger partial charge on any atom is 0.356 e. The van der Waals surface area contributed by atoms with Crippen molar-refractivity contribution in [2.24, 2.45) is 0 Å². The molecular formula is C20H21N5O2S. The Kier molecular flexibility index (Phi) is 4.95. The number of piperidine rings is 1. The van der Waals surface area contributed by atoms with Crippen molar-refractivity contribution < 1.29 is 9.53 Å². The highest BCUT2D eigenvalue weighted by atomic mass is 32.1. The van der Waals surface area contributed by atoms with Gasteiger partial charge >= 0.3 is 5.97 Å². The Hall–Kier alpha value is -3.00. The minimum atomic E-state index is -0.461. The second-order valence-electron chi connectivity index (χ2n) is 6.76. The fourth-order valence-corrected chi connectivity index (χ4v) is 4.47. The highest BCUT2D eigenvalue weighted by Gasteiger charge is 2.40. The molecule has 0 spiro atoms. The van der Waals surface area contributed by atoms with Crippen LogP contribution in [0.4, 0.5) is 10.9 Å². The van der Waals surface area contributed by atoms with E-state index in [1.165, 1.54) is 30.3 Å². The van der Waals surface area contributed by atoms with Gasteiger partial charge in [-0.3, -0.25) is 0 Å². The molecule has 7 nitrogen and oxygen atoms in total. The van der Waals surface area contributed by atoms with E-state index in [2.05, 4.69) is 49.5 Å². The van der Waals surface area contributed by atoms with Gasteiger partial charge in [-0.1, -0.05) is 30.3 Å². The van der Waals surface area contributed by atoms with Gasteiger partial charge in [-0.05, 0) is 18.4 Å². The van der Waals surface area contributed by atoms with Crippen LogP contribution in [0.1, 0.15) is 34.6 Å². The Morgan fingerprint density at radius 1 is 1.21 bits per heavy atom. The van der Waals surface area contributed by atoms with Gasteiger partial charge in [0.05, 0.1) is 12.8 Å². The highest BCUT2D eigenvalue weighted by molar-refractivity contribution is 7.13. The summed E-state index contributed by atoms with van der Waals surface area (Å²) in [6, 6.07) is 12.1. The van der Waals surface area contributed by atoms with Crippen LogP contribution in [-0.4, -0.2) is 41.1 Å². The molecule has 1 aliphatic heterocycles. The lowest BCUT2D eigenvalue weighted by molar-refractivity contribution is 0.0594. The van der Waals surface area contributed by atoms with E-state index in [0.717, 1.165) is 37.4 Å². The van der Waals surface area contributed by atoms with Gasteiger partial charge in [0.1, 0.15) is 12.1 Å². The maximum absolute atomic E-state index is 11.8. The summed E-state index contributed by atoms with van der Waals surface area (Å²) >= 11 is 1.48. The topological polar surface area (TPSA) is 94.2 Å². The average Bonchev–Trinajstić information content (AvgIpc) is 3.21. The molecule has 1 aromatic carbocycles. The third kappa shape index (κ3) is 3.31. The number of hydrogen-bond donors (Lipinski definition) is 1. The number of carbonyl (C=O) groups is 1. The highest BCUT2D eigenvalue weighted by Crippen LogP contribution is 2.42. The molecule has 0 bridgehead atoms. The molecule has 144 valence electrons. The molecule has 0 aliphatic carbocycles. The molecule has 1 saturated heterocycles. The second kappa shape index (κ2) is 7.55. The minimum Gasteiger partial charge on any atom is -0.464 e. The molecule has 3 aromatic rings. The quantitative estimate of drug-likeness (QED) is 0.679. The Labute approximate surface area is 167 Å². The van der Waals surface area contributed by atoms with Crippen LogP contribution in [0.15, 0.2) is 48.1 Å². The third-order valence-corrected chi connectivity index (χ3v) is 6.00. The van der Waals surface area contributed by atoms with Crippen molar-refractivity contribution in [1.29, 1.82) is 0 Å². The molecule has 0 amide bonds. The number of nitrogens with zero attached hydrogens (tertiary/aromatic N) is 4. The van der Waals surface area contributed by atoms with Crippen molar-refractivity contribution in [3.8, 4) is 0 Å². The molecule has 0 atom stereocenters. The fourth-order valence-electron chi connectivity index (χ4n) is 3.81. The van der Waals surface area contributed by atoms with Crippen LogP contribution in [0, 0.1) is 0 Å². The molecule has 1 aliphatic rings. The molecule has 8 heteroatoms. The van der Waals surface area contributed by atoms with Gasteiger partial charge < -0.3 is 15.4 Å². The third-order valence-electron chi connectivity index (χ3n) is 5.33. The van der Waals surface area contributed by atoms with Gasteiger partial charge in [0, 0.05) is 30.0 Å². The number of anilines is 2. The van der Waals surface area contributed by atoms with Crippen LogP contribution in [0.25, 0.3) is 0 Å². The van der Waals surface area contributed by atoms with E-state index in [9.17, 15) is 4.79 Å².